The first-order chi connectivity index (χ1) is 14.0. The SMILES string of the molecule is CC1(C)CCCN(c2nc(N3CCOCC3)cc(=O)[nH]2)[C@@H](Cc2ccccc2)C1. The second-order valence-electron chi connectivity index (χ2n) is 9.04. The van der Waals surface area contributed by atoms with Crippen molar-refractivity contribution in [3.05, 3.63) is 52.3 Å². The monoisotopic (exact) mass is 396 g/mol. The van der Waals surface area contributed by atoms with Crippen molar-refractivity contribution < 1.29 is 4.74 Å². The highest BCUT2D eigenvalue weighted by Crippen LogP contribution is 2.35. The molecule has 3 heterocycles. The predicted molar refractivity (Wildman–Crippen MR) is 117 cm³/mol. The summed E-state index contributed by atoms with van der Waals surface area (Å²) < 4.78 is 5.46. The third-order valence-corrected chi connectivity index (χ3v) is 6.12. The zero-order chi connectivity index (χ0) is 20.3. The van der Waals surface area contributed by atoms with Crippen LogP contribution in [0.2, 0.25) is 0 Å². The van der Waals surface area contributed by atoms with Gasteiger partial charge in [-0.25, -0.2) is 0 Å². The summed E-state index contributed by atoms with van der Waals surface area (Å²) in [5.74, 6) is 1.46. The molecule has 0 spiro atoms. The van der Waals surface area contributed by atoms with Gasteiger partial charge in [-0.2, -0.15) is 4.98 Å². The molecule has 0 bridgehead atoms. The van der Waals surface area contributed by atoms with E-state index in [0.29, 0.717) is 25.2 Å². The zero-order valence-corrected chi connectivity index (χ0v) is 17.6. The van der Waals surface area contributed by atoms with E-state index in [1.165, 1.54) is 12.0 Å². The van der Waals surface area contributed by atoms with Gasteiger partial charge in [0.2, 0.25) is 5.95 Å². The van der Waals surface area contributed by atoms with Crippen molar-refractivity contribution in [1.29, 1.82) is 0 Å². The van der Waals surface area contributed by atoms with Crippen molar-refractivity contribution in [3.8, 4) is 0 Å². The average molecular weight is 397 g/mol. The Kier molecular flexibility index (Phi) is 5.90. The number of aromatic amines is 1. The van der Waals surface area contributed by atoms with Gasteiger partial charge < -0.3 is 14.5 Å². The van der Waals surface area contributed by atoms with Crippen molar-refractivity contribution in [3.63, 3.8) is 0 Å². The van der Waals surface area contributed by atoms with Gasteiger partial charge >= 0.3 is 0 Å². The molecule has 1 aromatic heterocycles. The van der Waals surface area contributed by atoms with E-state index < -0.39 is 0 Å². The first-order valence-corrected chi connectivity index (χ1v) is 10.7. The van der Waals surface area contributed by atoms with E-state index in [1.54, 1.807) is 6.07 Å². The van der Waals surface area contributed by atoms with E-state index in [0.717, 1.165) is 44.7 Å². The Bertz CT molecular complexity index is 859. The van der Waals surface area contributed by atoms with Gasteiger partial charge in [-0.3, -0.25) is 9.78 Å². The molecule has 6 heteroatoms. The number of hydrogen-bond donors (Lipinski definition) is 1. The molecule has 2 aliphatic rings. The number of morpholine rings is 1. The lowest BCUT2D eigenvalue weighted by atomic mass is 9.81. The molecular formula is C23H32N4O2. The van der Waals surface area contributed by atoms with E-state index in [1.807, 2.05) is 0 Å². The summed E-state index contributed by atoms with van der Waals surface area (Å²) in [6, 6.07) is 12.6. The molecule has 29 heavy (non-hydrogen) atoms. The lowest BCUT2D eigenvalue weighted by molar-refractivity contribution is 0.122. The fourth-order valence-electron chi connectivity index (χ4n) is 4.63. The molecular weight excluding hydrogens is 364 g/mol. The van der Waals surface area contributed by atoms with Crippen LogP contribution < -0.4 is 15.4 Å². The molecule has 0 radical (unpaired) electrons. The standard InChI is InChI=1S/C23H32N4O2/c1-23(2)9-6-10-27(19(17-23)15-18-7-4-3-5-8-18)22-24-20(16-21(28)25-22)26-11-13-29-14-12-26/h3-5,7-8,16,19H,6,9-15,17H2,1-2H3,(H,24,25,28)/t19-/m0/s1. The van der Waals surface area contributed by atoms with Gasteiger partial charge in [-0.15, -0.1) is 0 Å². The summed E-state index contributed by atoms with van der Waals surface area (Å²) in [6.45, 7) is 8.53. The molecule has 156 valence electrons. The third kappa shape index (κ3) is 4.99. The van der Waals surface area contributed by atoms with Gasteiger partial charge in [0, 0.05) is 31.7 Å². The fourth-order valence-corrected chi connectivity index (χ4v) is 4.63. The van der Waals surface area contributed by atoms with E-state index in [-0.39, 0.29) is 11.0 Å². The molecule has 0 saturated carbocycles. The Hall–Kier alpha value is -2.34. The van der Waals surface area contributed by atoms with Crippen LogP contribution in [0, 0.1) is 5.41 Å². The summed E-state index contributed by atoms with van der Waals surface area (Å²) in [7, 11) is 0. The molecule has 2 saturated heterocycles. The smallest absolute Gasteiger partial charge is 0.254 e. The lowest BCUT2D eigenvalue weighted by Gasteiger charge is -2.34. The van der Waals surface area contributed by atoms with Crippen LogP contribution in [0.4, 0.5) is 11.8 Å². The van der Waals surface area contributed by atoms with Crippen molar-refractivity contribution >= 4 is 11.8 Å². The van der Waals surface area contributed by atoms with Crippen LogP contribution in [0.5, 0.6) is 0 Å². The summed E-state index contributed by atoms with van der Waals surface area (Å²) in [5.41, 5.74) is 1.52. The molecule has 1 atom stereocenters. The Morgan fingerprint density at radius 2 is 1.93 bits per heavy atom. The number of hydrogen-bond acceptors (Lipinski definition) is 5. The molecule has 0 aliphatic carbocycles. The minimum absolute atomic E-state index is 0.0848. The molecule has 2 aliphatic heterocycles. The van der Waals surface area contributed by atoms with Crippen molar-refractivity contribution in [2.45, 2.75) is 45.6 Å². The van der Waals surface area contributed by atoms with Crippen LogP contribution in [-0.4, -0.2) is 48.9 Å². The first kappa shape index (κ1) is 20.0. The van der Waals surface area contributed by atoms with Gasteiger partial charge in [-0.05, 0) is 36.7 Å². The van der Waals surface area contributed by atoms with Gasteiger partial charge in [0.25, 0.3) is 5.56 Å². The van der Waals surface area contributed by atoms with Crippen molar-refractivity contribution in [2.75, 3.05) is 42.6 Å². The van der Waals surface area contributed by atoms with Crippen LogP contribution in [0.15, 0.2) is 41.2 Å². The molecule has 0 unspecified atom stereocenters. The number of anilines is 2. The quantitative estimate of drug-likeness (QED) is 0.860. The summed E-state index contributed by atoms with van der Waals surface area (Å²) in [6.07, 6.45) is 4.31. The first-order valence-electron chi connectivity index (χ1n) is 10.7. The number of benzene rings is 1. The highest BCUT2D eigenvalue weighted by molar-refractivity contribution is 5.45. The number of rotatable bonds is 4. The molecule has 6 nitrogen and oxygen atoms in total. The zero-order valence-electron chi connectivity index (χ0n) is 17.6. The second-order valence-corrected chi connectivity index (χ2v) is 9.04. The Morgan fingerprint density at radius 3 is 2.69 bits per heavy atom. The number of nitrogens with zero attached hydrogens (tertiary/aromatic N) is 3. The summed E-state index contributed by atoms with van der Waals surface area (Å²) in [5, 5.41) is 0. The van der Waals surface area contributed by atoms with Crippen LogP contribution in [0.1, 0.15) is 38.7 Å². The topological polar surface area (TPSA) is 61.5 Å². The molecule has 1 N–H and O–H groups in total. The van der Waals surface area contributed by atoms with Crippen LogP contribution in [0.25, 0.3) is 0 Å². The highest BCUT2D eigenvalue weighted by Gasteiger charge is 2.32. The van der Waals surface area contributed by atoms with Crippen LogP contribution >= 0.6 is 0 Å². The van der Waals surface area contributed by atoms with Gasteiger partial charge in [-0.1, -0.05) is 44.2 Å². The largest absolute Gasteiger partial charge is 0.378 e. The van der Waals surface area contributed by atoms with E-state index in [2.05, 4.69) is 59.0 Å². The second kappa shape index (κ2) is 8.57. The minimum atomic E-state index is -0.0848. The minimum Gasteiger partial charge on any atom is -0.378 e. The average Bonchev–Trinajstić information content (AvgIpc) is 2.86. The number of aromatic nitrogens is 2. The summed E-state index contributed by atoms with van der Waals surface area (Å²) >= 11 is 0. The van der Waals surface area contributed by atoms with Gasteiger partial charge in [0.15, 0.2) is 0 Å². The third-order valence-electron chi connectivity index (χ3n) is 6.12. The maximum absolute atomic E-state index is 12.5. The van der Waals surface area contributed by atoms with Gasteiger partial charge in [0.1, 0.15) is 5.82 Å². The van der Waals surface area contributed by atoms with E-state index in [4.69, 9.17) is 9.72 Å². The van der Waals surface area contributed by atoms with Gasteiger partial charge in [0.05, 0.1) is 13.2 Å². The normalized spacial score (nSPS) is 22.3. The predicted octanol–water partition coefficient (Wildman–Crippen LogP) is 3.23. The Morgan fingerprint density at radius 1 is 1.17 bits per heavy atom. The molecule has 2 aromatic rings. The van der Waals surface area contributed by atoms with Crippen LogP contribution in [0.3, 0.4) is 0 Å². The maximum Gasteiger partial charge on any atom is 0.254 e. The van der Waals surface area contributed by atoms with Crippen molar-refractivity contribution in [1.82, 2.24) is 9.97 Å². The Balaban J connectivity index is 1.66. The molecule has 0 amide bonds. The molecule has 4 rings (SSSR count). The molecule has 2 fully saturated rings. The lowest BCUT2D eigenvalue weighted by Crippen LogP contribution is -2.41. The number of nitrogens with one attached hydrogen (secondary N) is 1. The Labute approximate surface area is 172 Å². The maximum atomic E-state index is 12.5. The summed E-state index contributed by atoms with van der Waals surface area (Å²) in [4.78, 5) is 24.9. The van der Waals surface area contributed by atoms with Crippen LogP contribution in [-0.2, 0) is 11.2 Å². The molecule has 1 aromatic carbocycles. The highest BCUT2D eigenvalue weighted by atomic mass is 16.5. The van der Waals surface area contributed by atoms with Crippen molar-refractivity contribution in [2.24, 2.45) is 5.41 Å². The number of ether oxygens (including phenoxy) is 1. The number of H-pyrrole nitrogens is 1. The van der Waals surface area contributed by atoms with E-state index in [9.17, 15) is 4.79 Å². The van der Waals surface area contributed by atoms with E-state index >= 15 is 0 Å². The fraction of sp³-hybridized carbons (Fsp3) is 0.565.